The van der Waals surface area contributed by atoms with Crippen molar-refractivity contribution in [2.24, 2.45) is 5.92 Å². The van der Waals surface area contributed by atoms with Crippen LogP contribution in [0, 0.1) is 5.92 Å². The fourth-order valence-corrected chi connectivity index (χ4v) is 1.86. The molecule has 1 aliphatic heterocycles. The van der Waals surface area contributed by atoms with Crippen molar-refractivity contribution in [3.8, 4) is 0 Å². The molecule has 0 saturated carbocycles. The lowest BCUT2D eigenvalue weighted by Gasteiger charge is -2.14. The Kier molecular flexibility index (Phi) is 4.20. The van der Waals surface area contributed by atoms with Crippen LogP contribution < -0.4 is 10.6 Å². The molecule has 18 heavy (non-hydrogen) atoms. The van der Waals surface area contributed by atoms with Crippen LogP contribution in [0.5, 0.6) is 0 Å². The molecule has 2 rings (SSSR count). The van der Waals surface area contributed by atoms with Crippen molar-refractivity contribution >= 4 is 17.3 Å². The first-order chi connectivity index (χ1) is 8.65. The lowest BCUT2D eigenvalue weighted by molar-refractivity contribution is -0.118. The van der Waals surface area contributed by atoms with E-state index in [4.69, 9.17) is 4.74 Å². The highest BCUT2D eigenvalue weighted by Gasteiger charge is 2.15. The Hall–Kier alpha value is -1.55. The fraction of sp³-hybridized carbons (Fsp3) is 0.500. The zero-order valence-corrected chi connectivity index (χ0v) is 10.9. The molecule has 4 nitrogen and oxygen atoms in total. The van der Waals surface area contributed by atoms with Gasteiger partial charge in [-0.2, -0.15) is 0 Å². The maximum Gasteiger partial charge on any atom is 0.226 e. The minimum absolute atomic E-state index is 0.00940. The summed E-state index contributed by atoms with van der Waals surface area (Å²) in [6, 6.07) is 8.17. The number of ether oxygens (including phenoxy) is 1. The van der Waals surface area contributed by atoms with Crippen molar-refractivity contribution in [3.63, 3.8) is 0 Å². The third kappa shape index (κ3) is 3.47. The van der Waals surface area contributed by atoms with Crippen LogP contribution in [0.2, 0.25) is 0 Å². The standard InChI is InChI=1S/C14H20N2O2/c1-10(2)14(17)16-12-5-3-4-11(8-12)15-13-6-7-18-9-13/h3-5,8,10,13,15H,6-7,9H2,1-2H3,(H,16,17). The van der Waals surface area contributed by atoms with Gasteiger partial charge in [-0.15, -0.1) is 0 Å². The molecule has 0 bridgehead atoms. The number of hydrogen-bond donors (Lipinski definition) is 2. The number of carbonyl (C=O) groups is 1. The van der Waals surface area contributed by atoms with E-state index in [1.807, 2.05) is 38.1 Å². The van der Waals surface area contributed by atoms with Crippen LogP contribution >= 0.6 is 0 Å². The van der Waals surface area contributed by atoms with Crippen LogP contribution in [0.4, 0.5) is 11.4 Å². The van der Waals surface area contributed by atoms with Gasteiger partial charge in [0.2, 0.25) is 5.91 Å². The van der Waals surface area contributed by atoms with Gasteiger partial charge in [0.25, 0.3) is 0 Å². The SMILES string of the molecule is CC(C)C(=O)Nc1cccc(NC2CCOC2)c1. The summed E-state index contributed by atoms with van der Waals surface area (Å²) in [6.45, 7) is 5.34. The summed E-state index contributed by atoms with van der Waals surface area (Å²) in [6.07, 6.45) is 1.03. The summed E-state index contributed by atoms with van der Waals surface area (Å²) in [5.74, 6) is 0.0289. The Bertz CT molecular complexity index is 412. The number of nitrogens with one attached hydrogen (secondary N) is 2. The molecular formula is C14H20N2O2. The summed E-state index contributed by atoms with van der Waals surface area (Å²) in [7, 11) is 0. The number of anilines is 2. The Labute approximate surface area is 108 Å². The molecule has 4 heteroatoms. The number of rotatable bonds is 4. The van der Waals surface area contributed by atoms with Crippen molar-refractivity contribution in [2.75, 3.05) is 23.8 Å². The quantitative estimate of drug-likeness (QED) is 0.860. The Morgan fingerprint density at radius 3 is 2.83 bits per heavy atom. The summed E-state index contributed by atoms with van der Waals surface area (Å²) < 4.78 is 5.32. The first-order valence-electron chi connectivity index (χ1n) is 6.40. The molecule has 0 radical (unpaired) electrons. The number of hydrogen-bond acceptors (Lipinski definition) is 3. The summed E-state index contributed by atoms with van der Waals surface area (Å²) in [5, 5.41) is 6.30. The second-order valence-corrected chi connectivity index (χ2v) is 4.93. The Balaban J connectivity index is 1.98. The van der Waals surface area contributed by atoms with Gasteiger partial charge in [-0.25, -0.2) is 0 Å². The zero-order valence-electron chi connectivity index (χ0n) is 10.9. The van der Waals surface area contributed by atoms with Crippen molar-refractivity contribution in [1.82, 2.24) is 0 Å². The van der Waals surface area contributed by atoms with Crippen molar-refractivity contribution in [1.29, 1.82) is 0 Å². The Morgan fingerprint density at radius 2 is 2.17 bits per heavy atom. The molecule has 1 atom stereocenters. The molecule has 1 amide bonds. The molecule has 0 spiro atoms. The molecular weight excluding hydrogens is 228 g/mol. The van der Waals surface area contributed by atoms with Crippen LogP contribution in [-0.4, -0.2) is 25.2 Å². The van der Waals surface area contributed by atoms with Crippen molar-refractivity contribution < 1.29 is 9.53 Å². The third-order valence-electron chi connectivity index (χ3n) is 2.95. The number of carbonyl (C=O) groups excluding carboxylic acids is 1. The molecule has 1 unspecified atom stereocenters. The average molecular weight is 248 g/mol. The molecule has 1 heterocycles. The average Bonchev–Trinajstić information content (AvgIpc) is 2.82. The van der Waals surface area contributed by atoms with Gasteiger partial charge in [-0.05, 0) is 24.6 Å². The minimum Gasteiger partial charge on any atom is -0.380 e. The van der Waals surface area contributed by atoms with E-state index >= 15 is 0 Å². The number of amides is 1. The molecule has 1 saturated heterocycles. The molecule has 0 aliphatic carbocycles. The number of benzene rings is 1. The fourth-order valence-electron chi connectivity index (χ4n) is 1.86. The molecule has 1 aromatic carbocycles. The minimum atomic E-state index is -0.00940. The monoisotopic (exact) mass is 248 g/mol. The lowest BCUT2D eigenvalue weighted by atomic mass is 10.2. The van der Waals surface area contributed by atoms with E-state index in [0.29, 0.717) is 6.04 Å². The first kappa shape index (κ1) is 12.9. The predicted molar refractivity (Wildman–Crippen MR) is 72.8 cm³/mol. The van der Waals surface area contributed by atoms with E-state index in [2.05, 4.69) is 10.6 Å². The zero-order chi connectivity index (χ0) is 13.0. The van der Waals surface area contributed by atoms with Gasteiger partial charge >= 0.3 is 0 Å². The van der Waals surface area contributed by atoms with Crippen LogP contribution in [0.25, 0.3) is 0 Å². The molecule has 2 N–H and O–H groups in total. The van der Waals surface area contributed by atoms with Crippen LogP contribution in [-0.2, 0) is 9.53 Å². The van der Waals surface area contributed by atoms with E-state index in [0.717, 1.165) is 31.0 Å². The van der Waals surface area contributed by atoms with E-state index in [9.17, 15) is 4.79 Å². The van der Waals surface area contributed by atoms with Crippen molar-refractivity contribution in [2.45, 2.75) is 26.3 Å². The van der Waals surface area contributed by atoms with Gasteiger partial charge in [0.15, 0.2) is 0 Å². The topological polar surface area (TPSA) is 50.4 Å². The molecule has 0 aromatic heterocycles. The van der Waals surface area contributed by atoms with Gasteiger partial charge < -0.3 is 15.4 Å². The van der Waals surface area contributed by atoms with Gasteiger partial charge in [-0.3, -0.25) is 4.79 Å². The highest BCUT2D eigenvalue weighted by molar-refractivity contribution is 5.92. The second kappa shape index (κ2) is 5.87. The molecule has 98 valence electrons. The van der Waals surface area contributed by atoms with Crippen LogP contribution in [0.1, 0.15) is 20.3 Å². The van der Waals surface area contributed by atoms with Gasteiger partial charge in [0.05, 0.1) is 12.6 Å². The largest absolute Gasteiger partial charge is 0.380 e. The molecule has 1 fully saturated rings. The highest BCUT2D eigenvalue weighted by atomic mass is 16.5. The maximum atomic E-state index is 11.6. The first-order valence-corrected chi connectivity index (χ1v) is 6.40. The highest BCUT2D eigenvalue weighted by Crippen LogP contribution is 2.18. The summed E-state index contributed by atoms with van der Waals surface area (Å²) in [5.41, 5.74) is 1.85. The van der Waals surface area contributed by atoms with Crippen LogP contribution in [0.3, 0.4) is 0 Å². The van der Waals surface area contributed by atoms with Gasteiger partial charge in [0, 0.05) is 23.9 Å². The maximum absolute atomic E-state index is 11.6. The van der Waals surface area contributed by atoms with E-state index in [1.54, 1.807) is 0 Å². The predicted octanol–water partition coefficient (Wildman–Crippen LogP) is 2.48. The Morgan fingerprint density at radius 1 is 1.39 bits per heavy atom. The summed E-state index contributed by atoms with van der Waals surface area (Å²) >= 11 is 0. The smallest absolute Gasteiger partial charge is 0.226 e. The third-order valence-corrected chi connectivity index (χ3v) is 2.95. The molecule has 1 aromatic rings. The second-order valence-electron chi connectivity index (χ2n) is 4.93. The lowest BCUT2D eigenvalue weighted by Crippen LogP contribution is -2.20. The van der Waals surface area contributed by atoms with Crippen molar-refractivity contribution in [3.05, 3.63) is 24.3 Å². The normalized spacial score (nSPS) is 18.9. The van der Waals surface area contributed by atoms with Gasteiger partial charge in [-0.1, -0.05) is 19.9 Å². The van der Waals surface area contributed by atoms with E-state index in [1.165, 1.54) is 0 Å². The van der Waals surface area contributed by atoms with E-state index in [-0.39, 0.29) is 11.8 Å². The van der Waals surface area contributed by atoms with Gasteiger partial charge in [0.1, 0.15) is 0 Å². The summed E-state index contributed by atoms with van der Waals surface area (Å²) in [4.78, 5) is 11.6. The molecule has 1 aliphatic rings. The van der Waals surface area contributed by atoms with E-state index < -0.39 is 0 Å². The van der Waals surface area contributed by atoms with Crippen LogP contribution in [0.15, 0.2) is 24.3 Å².